The monoisotopic (exact) mass is 464 g/mol. The molecule has 0 spiro atoms. The molecule has 1 saturated carbocycles. The molecule has 1 saturated heterocycles. The van der Waals surface area contributed by atoms with E-state index in [0.29, 0.717) is 24.8 Å². The third kappa shape index (κ3) is 5.03. The number of sulfone groups is 1. The van der Waals surface area contributed by atoms with E-state index in [9.17, 15) is 13.2 Å². The average Bonchev–Trinajstić information content (AvgIpc) is 3.28. The molecule has 0 bridgehead atoms. The molecule has 1 amide bonds. The largest absolute Gasteiger partial charge is 0.356 e. The number of aromatic nitrogens is 2. The highest BCUT2D eigenvalue weighted by molar-refractivity contribution is 7.91. The molecule has 1 atom stereocenters. The Bertz CT molecular complexity index is 1060. The third-order valence-corrected chi connectivity index (χ3v) is 8.94. The van der Waals surface area contributed by atoms with Crippen molar-refractivity contribution in [3.05, 3.63) is 16.8 Å². The topological polar surface area (TPSA) is 83.5 Å². The number of anilines is 1. The number of amides is 1. The van der Waals surface area contributed by atoms with E-state index in [1.807, 2.05) is 0 Å². The maximum atomic E-state index is 12.9. The summed E-state index contributed by atoms with van der Waals surface area (Å²) in [5.74, 6) is 1.38. The summed E-state index contributed by atoms with van der Waals surface area (Å²) in [5, 5.41) is 2.88. The molecule has 7 nitrogen and oxygen atoms in total. The van der Waals surface area contributed by atoms with Gasteiger partial charge in [0, 0.05) is 32.4 Å². The highest BCUT2D eigenvalue weighted by Gasteiger charge is 2.33. The van der Waals surface area contributed by atoms with Gasteiger partial charge in [-0.3, -0.25) is 4.79 Å². The minimum absolute atomic E-state index is 0.0924. The minimum atomic E-state index is -3.13. The van der Waals surface area contributed by atoms with Crippen LogP contribution in [-0.4, -0.2) is 66.9 Å². The van der Waals surface area contributed by atoms with Crippen LogP contribution >= 0.6 is 11.3 Å². The number of fused-ring (bicyclic) bond motifs is 1. The van der Waals surface area contributed by atoms with E-state index >= 15 is 0 Å². The summed E-state index contributed by atoms with van der Waals surface area (Å²) in [5.41, 5.74) is 1.31. The first-order chi connectivity index (χ1) is 14.8. The average molecular weight is 465 g/mol. The molecule has 1 unspecified atom stereocenters. The van der Waals surface area contributed by atoms with E-state index < -0.39 is 15.1 Å². The number of carbonyl (C=O) groups is 1. The van der Waals surface area contributed by atoms with Gasteiger partial charge in [-0.25, -0.2) is 18.4 Å². The van der Waals surface area contributed by atoms with Gasteiger partial charge in [-0.2, -0.15) is 0 Å². The van der Waals surface area contributed by atoms with E-state index in [0.717, 1.165) is 28.9 Å². The third-order valence-electron chi connectivity index (χ3n) is 6.43. The Morgan fingerprint density at radius 1 is 1.26 bits per heavy atom. The number of rotatable bonds is 9. The second-order valence-electron chi connectivity index (χ2n) is 8.96. The van der Waals surface area contributed by atoms with Crippen LogP contribution in [-0.2, 0) is 27.5 Å². The van der Waals surface area contributed by atoms with Crippen molar-refractivity contribution in [2.24, 2.45) is 0 Å². The number of nitrogens with zero attached hydrogens (tertiary/aromatic N) is 4. The summed E-state index contributed by atoms with van der Waals surface area (Å²) in [6.07, 6.45) is 8.80. The second kappa shape index (κ2) is 9.02. The Morgan fingerprint density at radius 3 is 2.68 bits per heavy atom. The lowest BCUT2D eigenvalue weighted by molar-refractivity contribution is -0.129. The van der Waals surface area contributed by atoms with Crippen LogP contribution in [0.1, 0.15) is 56.8 Å². The van der Waals surface area contributed by atoms with Crippen LogP contribution in [0.5, 0.6) is 0 Å². The molecule has 3 heterocycles. The van der Waals surface area contributed by atoms with Crippen LogP contribution < -0.4 is 4.90 Å². The molecule has 2 aliphatic rings. The van der Waals surface area contributed by atoms with Gasteiger partial charge < -0.3 is 9.80 Å². The van der Waals surface area contributed by atoms with Crippen molar-refractivity contribution in [3.8, 4) is 0 Å². The molecule has 31 heavy (non-hydrogen) atoms. The molecule has 2 aromatic heterocycles. The number of unbranched alkanes of at least 4 members (excludes halogenated alkanes) is 2. The minimum Gasteiger partial charge on any atom is -0.356 e. The standard InChI is InChI=1S/C22H32N4O3S2/c1-4-5-6-7-15-14-30-22-20(15)21(25(2)16-8-9-16)23-18(24-22)12-19(27)26-11-10-17(13-26)31(3,28)29/h14,16-17H,4-13H2,1-3H3. The highest BCUT2D eigenvalue weighted by Crippen LogP contribution is 2.37. The molecule has 9 heteroatoms. The van der Waals surface area contributed by atoms with Gasteiger partial charge in [-0.15, -0.1) is 11.3 Å². The lowest BCUT2D eigenvalue weighted by Gasteiger charge is -2.20. The lowest BCUT2D eigenvalue weighted by atomic mass is 10.1. The summed E-state index contributed by atoms with van der Waals surface area (Å²) < 4.78 is 23.7. The first-order valence-corrected chi connectivity index (χ1v) is 14.1. The van der Waals surface area contributed by atoms with Crippen molar-refractivity contribution in [2.45, 2.75) is 69.6 Å². The highest BCUT2D eigenvalue weighted by atomic mass is 32.2. The predicted molar refractivity (Wildman–Crippen MR) is 126 cm³/mol. The van der Waals surface area contributed by atoms with Crippen LogP contribution in [0.2, 0.25) is 0 Å². The summed E-state index contributed by atoms with van der Waals surface area (Å²) in [7, 11) is -1.04. The molecule has 4 rings (SSSR count). The fourth-order valence-electron chi connectivity index (χ4n) is 4.29. The Morgan fingerprint density at radius 2 is 2.03 bits per heavy atom. The van der Waals surface area contributed by atoms with Gasteiger partial charge >= 0.3 is 0 Å². The van der Waals surface area contributed by atoms with E-state index in [2.05, 4.69) is 24.3 Å². The summed E-state index contributed by atoms with van der Waals surface area (Å²) in [6, 6.07) is 0.513. The number of likely N-dealkylation sites (tertiary alicyclic amines) is 1. The number of aryl methyl sites for hydroxylation is 1. The summed E-state index contributed by atoms with van der Waals surface area (Å²) in [4.78, 5) is 27.3. The summed E-state index contributed by atoms with van der Waals surface area (Å²) in [6.45, 7) is 2.96. The number of carbonyl (C=O) groups excluding carboxylic acids is 1. The van der Waals surface area contributed by atoms with E-state index in [1.165, 1.54) is 37.5 Å². The van der Waals surface area contributed by atoms with Crippen LogP contribution in [0.4, 0.5) is 5.82 Å². The zero-order chi connectivity index (χ0) is 22.2. The van der Waals surface area contributed by atoms with Crippen LogP contribution in [0, 0.1) is 0 Å². The van der Waals surface area contributed by atoms with Gasteiger partial charge in [0.05, 0.1) is 17.1 Å². The fraction of sp³-hybridized carbons (Fsp3) is 0.682. The van der Waals surface area contributed by atoms with E-state index in [4.69, 9.17) is 9.97 Å². The van der Waals surface area contributed by atoms with Crippen molar-refractivity contribution in [3.63, 3.8) is 0 Å². The molecule has 2 aromatic rings. The molecule has 0 N–H and O–H groups in total. The Labute approximate surface area is 188 Å². The van der Waals surface area contributed by atoms with Crippen molar-refractivity contribution in [2.75, 3.05) is 31.3 Å². The Hall–Kier alpha value is -1.74. The van der Waals surface area contributed by atoms with Gasteiger partial charge in [0.2, 0.25) is 5.91 Å². The van der Waals surface area contributed by atoms with Crippen LogP contribution in [0.25, 0.3) is 10.2 Å². The molecular weight excluding hydrogens is 432 g/mol. The predicted octanol–water partition coefficient (Wildman–Crippen LogP) is 3.21. The van der Waals surface area contributed by atoms with Crippen molar-refractivity contribution < 1.29 is 13.2 Å². The maximum absolute atomic E-state index is 12.9. The SMILES string of the molecule is CCCCCc1csc2nc(CC(=O)N3CCC(S(C)(=O)=O)C3)nc(N(C)C3CC3)c12. The molecular formula is C22H32N4O3S2. The number of hydrogen-bond acceptors (Lipinski definition) is 7. The number of thiophene rings is 1. The van der Waals surface area contributed by atoms with Gasteiger partial charge in [-0.1, -0.05) is 19.8 Å². The van der Waals surface area contributed by atoms with Gasteiger partial charge in [-0.05, 0) is 43.0 Å². The van der Waals surface area contributed by atoms with E-state index in [1.54, 1.807) is 16.2 Å². The Kier molecular flexibility index (Phi) is 6.53. The van der Waals surface area contributed by atoms with Gasteiger partial charge in [0.25, 0.3) is 0 Å². The smallest absolute Gasteiger partial charge is 0.230 e. The quantitative estimate of drug-likeness (QED) is 0.530. The fourth-order valence-corrected chi connectivity index (χ4v) is 6.27. The van der Waals surface area contributed by atoms with Gasteiger partial charge in [0.15, 0.2) is 9.84 Å². The van der Waals surface area contributed by atoms with Crippen molar-refractivity contribution >= 4 is 43.1 Å². The molecule has 1 aliphatic carbocycles. The normalized spacial score (nSPS) is 19.3. The summed E-state index contributed by atoms with van der Waals surface area (Å²) >= 11 is 1.63. The number of hydrogen-bond donors (Lipinski definition) is 0. The van der Waals surface area contributed by atoms with E-state index in [-0.39, 0.29) is 18.9 Å². The van der Waals surface area contributed by atoms with Gasteiger partial charge in [0.1, 0.15) is 16.5 Å². The van der Waals surface area contributed by atoms with Crippen LogP contribution in [0.3, 0.4) is 0 Å². The Balaban J connectivity index is 1.58. The van der Waals surface area contributed by atoms with Crippen LogP contribution in [0.15, 0.2) is 5.38 Å². The molecule has 170 valence electrons. The second-order valence-corrected chi connectivity index (χ2v) is 12.1. The van der Waals surface area contributed by atoms with Crippen molar-refractivity contribution in [1.29, 1.82) is 0 Å². The van der Waals surface area contributed by atoms with Crippen molar-refractivity contribution in [1.82, 2.24) is 14.9 Å². The first kappa shape index (κ1) is 22.5. The molecule has 0 radical (unpaired) electrons. The zero-order valence-electron chi connectivity index (χ0n) is 18.6. The maximum Gasteiger partial charge on any atom is 0.230 e. The zero-order valence-corrected chi connectivity index (χ0v) is 20.3. The lowest BCUT2D eigenvalue weighted by Crippen LogP contribution is -2.33. The first-order valence-electron chi connectivity index (χ1n) is 11.2. The molecule has 2 fully saturated rings. The molecule has 1 aliphatic heterocycles. The molecule has 0 aromatic carbocycles.